The zero-order valence-corrected chi connectivity index (χ0v) is 12.2. The molecular formula is C14H29N3O2. The van der Waals surface area contributed by atoms with Crippen LogP contribution in [0.1, 0.15) is 19.8 Å². The molecule has 112 valence electrons. The van der Waals surface area contributed by atoms with Crippen LogP contribution in [0, 0.1) is 0 Å². The first kappa shape index (κ1) is 15.2. The molecule has 2 unspecified atom stereocenters. The van der Waals surface area contributed by atoms with Gasteiger partial charge in [-0.05, 0) is 25.9 Å². The lowest BCUT2D eigenvalue weighted by atomic mass is 10.2. The van der Waals surface area contributed by atoms with Gasteiger partial charge in [0.15, 0.2) is 0 Å². The number of rotatable bonds is 7. The monoisotopic (exact) mass is 271 g/mol. The van der Waals surface area contributed by atoms with Gasteiger partial charge in [-0.1, -0.05) is 6.92 Å². The van der Waals surface area contributed by atoms with Crippen molar-refractivity contribution in [3.05, 3.63) is 0 Å². The molecule has 19 heavy (non-hydrogen) atoms. The maximum absolute atomic E-state index is 9.41. The molecule has 5 heteroatoms. The molecule has 0 aromatic heterocycles. The maximum atomic E-state index is 9.41. The summed E-state index contributed by atoms with van der Waals surface area (Å²) in [5.41, 5.74) is 0. The van der Waals surface area contributed by atoms with Gasteiger partial charge in [0.2, 0.25) is 0 Å². The molecule has 0 aliphatic carbocycles. The van der Waals surface area contributed by atoms with Crippen LogP contribution in [0.4, 0.5) is 0 Å². The predicted molar refractivity (Wildman–Crippen MR) is 76.4 cm³/mol. The predicted octanol–water partition coefficient (Wildman–Crippen LogP) is -0.247. The van der Waals surface area contributed by atoms with E-state index >= 15 is 0 Å². The second-order valence-corrected chi connectivity index (χ2v) is 5.68. The zero-order chi connectivity index (χ0) is 13.5. The van der Waals surface area contributed by atoms with Crippen LogP contribution >= 0.6 is 0 Å². The van der Waals surface area contributed by atoms with Crippen molar-refractivity contribution in [3.8, 4) is 0 Å². The first-order chi connectivity index (χ1) is 9.33. The highest BCUT2D eigenvalue weighted by atomic mass is 16.5. The molecule has 2 N–H and O–H groups in total. The quantitative estimate of drug-likeness (QED) is 0.669. The number of ether oxygens (including phenoxy) is 1. The summed E-state index contributed by atoms with van der Waals surface area (Å²) in [4.78, 5) is 5.06. The maximum Gasteiger partial charge on any atom is 0.0597 e. The Hall–Kier alpha value is -0.200. The summed E-state index contributed by atoms with van der Waals surface area (Å²) >= 11 is 0. The van der Waals surface area contributed by atoms with Crippen LogP contribution in [-0.4, -0.2) is 86.1 Å². The van der Waals surface area contributed by atoms with Gasteiger partial charge in [0.1, 0.15) is 0 Å². The third-order valence-corrected chi connectivity index (χ3v) is 4.19. The van der Waals surface area contributed by atoms with Crippen molar-refractivity contribution in [1.29, 1.82) is 0 Å². The molecule has 5 nitrogen and oxygen atoms in total. The van der Waals surface area contributed by atoms with Crippen LogP contribution in [0.25, 0.3) is 0 Å². The molecule has 0 aromatic carbocycles. The van der Waals surface area contributed by atoms with E-state index in [1.807, 2.05) is 0 Å². The van der Waals surface area contributed by atoms with Crippen molar-refractivity contribution in [2.75, 3.05) is 59.1 Å². The number of nitrogens with one attached hydrogen (secondary N) is 1. The van der Waals surface area contributed by atoms with Crippen molar-refractivity contribution >= 4 is 0 Å². The molecule has 0 aromatic rings. The molecule has 0 bridgehead atoms. The number of morpholine rings is 1. The summed E-state index contributed by atoms with van der Waals surface area (Å²) in [5.74, 6) is 0. The van der Waals surface area contributed by atoms with Crippen molar-refractivity contribution in [2.45, 2.75) is 31.8 Å². The molecule has 0 saturated carbocycles. The Balaban J connectivity index is 1.71. The average molecular weight is 271 g/mol. The van der Waals surface area contributed by atoms with E-state index in [2.05, 4.69) is 22.0 Å². The van der Waals surface area contributed by atoms with Crippen LogP contribution in [0.3, 0.4) is 0 Å². The summed E-state index contributed by atoms with van der Waals surface area (Å²) in [6.07, 6.45) is 2.37. The molecular weight excluding hydrogens is 242 g/mol. The number of aliphatic hydroxyl groups is 1. The van der Waals surface area contributed by atoms with Crippen LogP contribution < -0.4 is 5.32 Å². The Bertz CT molecular complexity index is 247. The highest BCUT2D eigenvalue weighted by Crippen LogP contribution is 2.17. The molecule has 2 rings (SSSR count). The Morgan fingerprint density at radius 1 is 1.32 bits per heavy atom. The van der Waals surface area contributed by atoms with Gasteiger partial charge < -0.3 is 20.1 Å². The minimum Gasteiger partial charge on any atom is -0.395 e. The number of hydrogen-bond acceptors (Lipinski definition) is 5. The summed E-state index contributed by atoms with van der Waals surface area (Å²) in [7, 11) is 0. The van der Waals surface area contributed by atoms with E-state index < -0.39 is 0 Å². The summed E-state index contributed by atoms with van der Waals surface area (Å²) in [6, 6.07) is 0.915. The van der Waals surface area contributed by atoms with Crippen LogP contribution in [0.2, 0.25) is 0 Å². The molecule has 0 radical (unpaired) electrons. The molecule has 2 atom stereocenters. The number of nitrogens with zero attached hydrogens (tertiary/aromatic N) is 2. The van der Waals surface area contributed by atoms with Gasteiger partial charge in [0, 0.05) is 38.3 Å². The fourth-order valence-electron chi connectivity index (χ4n) is 3.07. The van der Waals surface area contributed by atoms with Gasteiger partial charge in [-0.15, -0.1) is 0 Å². The summed E-state index contributed by atoms with van der Waals surface area (Å²) < 4.78 is 5.41. The molecule has 2 saturated heterocycles. The first-order valence-corrected chi connectivity index (χ1v) is 7.72. The van der Waals surface area contributed by atoms with Crippen LogP contribution in [0.5, 0.6) is 0 Å². The molecule has 0 spiro atoms. The van der Waals surface area contributed by atoms with Gasteiger partial charge >= 0.3 is 0 Å². The van der Waals surface area contributed by atoms with Crippen molar-refractivity contribution in [3.63, 3.8) is 0 Å². The van der Waals surface area contributed by atoms with Crippen molar-refractivity contribution in [2.24, 2.45) is 0 Å². The van der Waals surface area contributed by atoms with Crippen molar-refractivity contribution < 1.29 is 9.84 Å². The second kappa shape index (κ2) is 8.17. The van der Waals surface area contributed by atoms with E-state index in [4.69, 9.17) is 4.74 Å². The highest BCUT2D eigenvalue weighted by molar-refractivity contribution is 4.86. The summed E-state index contributed by atoms with van der Waals surface area (Å²) in [5, 5.41) is 12.8. The van der Waals surface area contributed by atoms with Gasteiger partial charge in [0.05, 0.1) is 19.8 Å². The Morgan fingerprint density at radius 3 is 2.79 bits per heavy atom. The minimum atomic E-state index is 0.225. The third kappa shape index (κ3) is 4.68. The van der Waals surface area contributed by atoms with Crippen LogP contribution in [0.15, 0.2) is 0 Å². The van der Waals surface area contributed by atoms with Crippen LogP contribution in [-0.2, 0) is 4.74 Å². The largest absolute Gasteiger partial charge is 0.395 e. The van der Waals surface area contributed by atoms with Crippen molar-refractivity contribution in [1.82, 2.24) is 15.1 Å². The van der Waals surface area contributed by atoms with E-state index in [1.54, 1.807) is 0 Å². The second-order valence-electron chi connectivity index (χ2n) is 5.68. The number of aliphatic hydroxyl groups excluding tert-OH is 1. The number of hydrogen-bond donors (Lipinski definition) is 2. The van der Waals surface area contributed by atoms with E-state index in [0.717, 1.165) is 58.9 Å². The standard InChI is InChI=1S/C14H29N3O2/c1-2-4-15-13(12-18)10-16-5-3-14(11-16)17-6-8-19-9-7-17/h13-15,18H,2-12H2,1H3. The lowest BCUT2D eigenvalue weighted by Crippen LogP contribution is -2.46. The highest BCUT2D eigenvalue weighted by Gasteiger charge is 2.29. The Labute approximate surface area is 116 Å². The lowest BCUT2D eigenvalue weighted by molar-refractivity contribution is 0.0182. The minimum absolute atomic E-state index is 0.225. The summed E-state index contributed by atoms with van der Waals surface area (Å²) in [6.45, 7) is 10.6. The lowest BCUT2D eigenvalue weighted by Gasteiger charge is -2.32. The normalized spacial score (nSPS) is 27.8. The Kier molecular flexibility index (Phi) is 6.53. The molecule has 2 aliphatic rings. The van der Waals surface area contributed by atoms with Gasteiger partial charge in [-0.2, -0.15) is 0 Å². The average Bonchev–Trinajstić information content (AvgIpc) is 2.93. The van der Waals surface area contributed by atoms with Gasteiger partial charge in [-0.25, -0.2) is 0 Å². The molecule has 2 fully saturated rings. The molecule has 2 heterocycles. The zero-order valence-electron chi connectivity index (χ0n) is 12.2. The number of likely N-dealkylation sites (tertiary alicyclic amines) is 1. The van der Waals surface area contributed by atoms with Gasteiger partial charge in [-0.3, -0.25) is 4.90 Å². The van der Waals surface area contributed by atoms with E-state index in [1.165, 1.54) is 6.42 Å². The first-order valence-electron chi connectivity index (χ1n) is 7.72. The van der Waals surface area contributed by atoms with E-state index in [9.17, 15) is 5.11 Å². The van der Waals surface area contributed by atoms with E-state index in [-0.39, 0.29) is 12.6 Å². The van der Waals surface area contributed by atoms with E-state index in [0.29, 0.717) is 6.04 Å². The fraction of sp³-hybridized carbons (Fsp3) is 1.00. The van der Waals surface area contributed by atoms with Gasteiger partial charge in [0.25, 0.3) is 0 Å². The Morgan fingerprint density at radius 2 is 2.11 bits per heavy atom. The third-order valence-electron chi connectivity index (χ3n) is 4.19. The molecule has 0 amide bonds. The smallest absolute Gasteiger partial charge is 0.0597 e. The molecule has 2 aliphatic heterocycles. The SMILES string of the molecule is CCCNC(CO)CN1CCC(N2CCOCC2)C1. The topological polar surface area (TPSA) is 48.0 Å². The fourth-order valence-corrected chi connectivity index (χ4v) is 3.07.